The highest BCUT2D eigenvalue weighted by Gasteiger charge is 2.24. The van der Waals surface area contributed by atoms with Crippen LogP contribution in [0.1, 0.15) is 84.6 Å². The van der Waals surface area contributed by atoms with Crippen LogP contribution in [0.5, 0.6) is 0 Å². The zero-order valence-corrected chi connectivity index (χ0v) is 20.7. The predicted molar refractivity (Wildman–Crippen MR) is 136 cm³/mol. The van der Waals surface area contributed by atoms with E-state index in [9.17, 15) is 8.42 Å². The highest BCUT2D eigenvalue weighted by molar-refractivity contribution is 7.85. The molecule has 5 nitrogen and oxygen atoms in total. The Hall–Kier alpha value is -1.36. The van der Waals surface area contributed by atoms with E-state index in [0.717, 1.165) is 5.56 Å². The SMILES string of the molecule is CCCC[N+](CCCC)(CCCC)CCCC.Cc1ccc(S(=O)(=O)O)cc1.[BH3-]C#N. The van der Waals surface area contributed by atoms with Gasteiger partial charge < -0.3 is 4.48 Å². The van der Waals surface area contributed by atoms with Crippen LogP contribution in [-0.2, 0) is 10.1 Å². The van der Waals surface area contributed by atoms with E-state index < -0.39 is 10.1 Å². The number of rotatable bonds is 13. The van der Waals surface area contributed by atoms with Crippen LogP contribution >= 0.6 is 0 Å². The van der Waals surface area contributed by atoms with Crippen LogP contribution < -0.4 is 0 Å². The van der Waals surface area contributed by atoms with Gasteiger partial charge in [-0.1, -0.05) is 71.1 Å². The van der Waals surface area contributed by atoms with Crippen molar-refractivity contribution in [3.05, 3.63) is 29.8 Å². The first kappa shape index (κ1) is 31.8. The molecule has 7 heteroatoms. The van der Waals surface area contributed by atoms with Crippen LogP contribution in [-0.4, -0.2) is 51.5 Å². The second-order valence-electron chi connectivity index (χ2n) is 7.94. The zero-order valence-electron chi connectivity index (χ0n) is 19.9. The summed E-state index contributed by atoms with van der Waals surface area (Å²) in [6.45, 7) is 16.9. The molecule has 0 saturated heterocycles. The monoisotopic (exact) mass is 454 g/mol. The normalized spacial score (nSPS) is 10.9. The molecule has 31 heavy (non-hydrogen) atoms. The summed E-state index contributed by atoms with van der Waals surface area (Å²) in [5, 5.41) is 7.43. The van der Waals surface area contributed by atoms with Crippen molar-refractivity contribution in [1.82, 2.24) is 0 Å². The lowest BCUT2D eigenvalue weighted by atomic mass is 10.1. The fourth-order valence-corrected chi connectivity index (χ4v) is 3.84. The van der Waals surface area contributed by atoms with E-state index >= 15 is 0 Å². The highest BCUT2D eigenvalue weighted by atomic mass is 32.2. The molecule has 180 valence electrons. The van der Waals surface area contributed by atoms with E-state index in [1.807, 2.05) is 12.9 Å². The number of nitrogens with zero attached hydrogens (tertiary/aromatic N) is 2. The second kappa shape index (κ2) is 19.3. The van der Waals surface area contributed by atoms with Crippen molar-refractivity contribution in [2.45, 2.75) is 90.9 Å². The van der Waals surface area contributed by atoms with Gasteiger partial charge in [0.2, 0.25) is 0 Å². The van der Waals surface area contributed by atoms with Gasteiger partial charge in [-0.15, -0.1) is 0 Å². The van der Waals surface area contributed by atoms with Crippen molar-refractivity contribution in [3.8, 4) is 5.97 Å². The summed E-state index contributed by atoms with van der Waals surface area (Å²) in [5.74, 6) is 2.00. The Bertz CT molecular complexity index is 648. The number of aryl methyl sites for hydroxylation is 1. The van der Waals surface area contributed by atoms with Crippen LogP contribution in [0.4, 0.5) is 0 Å². The summed E-state index contributed by atoms with van der Waals surface area (Å²) in [6, 6.07) is 5.99. The molecule has 0 unspecified atom stereocenters. The molecule has 0 fully saturated rings. The summed E-state index contributed by atoms with van der Waals surface area (Å²) >= 11 is 0. The van der Waals surface area contributed by atoms with Gasteiger partial charge in [-0.3, -0.25) is 9.81 Å². The minimum Gasteiger partial charge on any atom is -0.324 e. The standard InChI is InChI=1S/C16H36N.C7H8O3S.CH3BN/c1-5-9-13-17(14-10-6-2,15-11-7-3)16-12-8-4;1-6-2-4-7(5-3-6)11(8,9)10;2-1-3/h5-16H2,1-4H3;2-5H,1H3,(H,8,9,10);2H3/q+1;;-1. The van der Waals surface area contributed by atoms with Crippen molar-refractivity contribution < 1.29 is 17.5 Å². The van der Waals surface area contributed by atoms with E-state index in [1.165, 1.54) is 94.2 Å². The molecule has 0 aromatic heterocycles. The van der Waals surface area contributed by atoms with E-state index in [1.54, 1.807) is 12.1 Å². The van der Waals surface area contributed by atoms with E-state index in [-0.39, 0.29) is 12.7 Å². The van der Waals surface area contributed by atoms with Crippen molar-refractivity contribution in [2.75, 3.05) is 26.2 Å². The van der Waals surface area contributed by atoms with Gasteiger partial charge in [0.1, 0.15) is 0 Å². The topological polar surface area (TPSA) is 78.2 Å². The Morgan fingerprint density at radius 3 is 1.35 bits per heavy atom. The summed E-state index contributed by atoms with van der Waals surface area (Å²) in [5.41, 5.74) is 0.956. The van der Waals surface area contributed by atoms with Gasteiger partial charge in [-0.25, -0.2) is 0 Å². The third-order valence-corrected chi connectivity index (χ3v) is 6.13. The molecule has 0 aliphatic heterocycles. The van der Waals surface area contributed by atoms with Gasteiger partial charge in [0.05, 0.1) is 38.9 Å². The Morgan fingerprint density at radius 1 is 0.839 bits per heavy atom. The molecule has 0 bridgehead atoms. The van der Waals surface area contributed by atoms with Crippen molar-refractivity contribution in [1.29, 1.82) is 5.26 Å². The predicted octanol–water partition coefficient (Wildman–Crippen LogP) is 5.08. The van der Waals surface area contributed by atoms with E-state index in [4.69, 9.17) is 9.81 Å². The van der Waals surface area contributed by atoms with Gasteiger partial charge in [-0.05, 0) is 44.7 Å². The number of hydrogen-bond donors (Lipinski definition) is 1. The van der Waals surface area contributed by atoms with Crippen LogP contribution in [0, 0.1) is 18.2 Å². The fourth-order valence-electron chi connectivity index (χ4n) is 3.36. The summed E-state index contributed by atoms with van der Waals surface area (Å²) < 4.78 is 31.0. The average Bonchev–Trinajstić information content (AvgIpc) is 2.73. The number of quaternary nitrogens is 1. The quantitative estimate of drug-likeness (QED) is 0.256. The molecule has 1 aromatic rings. The Kier molecular flexibility index (Phi) is 19.9. The third-order valence-electron chi connectivity index (χ3n) is 5.26. The Balaban J connectivity index is 0. The first-order valence-corrected chi connectivity index (χ1v) is 12.8. The van der Waals surface area contributed by atoms with Crippen LogP contribution in [0.2, 0.25) is 0 Å². The minimum atomic E-state index is -4.02. The second-order valence-corrected chi connectivity index (χ2v) is 9.36. The molecule has 0 amide bonds. The van der Waals surface area contributed by atoms with Crippen molar-refractivity contribution in [2.24, 2.45) is 0 Å². The maximum absolute atomic E-state index is 10.5. The van der Waals surface area contributed by atoms with Crippen LogP contribution in [0.15, 0.2) is 29.2 Å². The fraction of sp³-hybridized carbons (Fsp3) is 0.708. The van der Waals surface area contributed by atoms with Gasteiger partial charge >= 0.3 is 0 Å². The summed E-state index contributed by atoms with van der Waals surface area (Å²) in [7, 11) is -3.95. The molecule has 1 aromatic carbocycles. The average molecular weight is 455 g/mol. The largest absolute Gasteiger partial charge is 0.324 e. The number of nitriles is 1. The first-order chi connectivity index (χ1) is 14.7. The molecule has 1 N–H and O–H groups in total. The Labute approximate surface area is 193 Å². The van der Waals surface area contributed by atoms with E-state index in [0.29, 0.717) is 0 Å². The number of hydrogen-bond acceptors (Lipinski definition) is 3. The van der Waals surface area contributed by atoms with Gasteiger partial charge in [0.15, 0.2) is 0 Å². The zero-order chi connectivity index (χ0) is 24.2. The molecule has 0 radical (unpaired) electrons. The maximum Gasteiger partial charge on any atom is 0.294 e. The smallest absolute Gasteiger partial charge is 0.294 e. The maximum atomic E-state index is 10.5. The lowest BCUT2D eigenvalue weighted by Gasteiger charge is -2.39. The molecular formula is C24H47BN2O3S. The molecule has 0 aliphatic rings. The lowest BCUT2D eigenvalue weighted by Crippen LogP contribution is -2.50. The first-order valence-electron chi connectivity index (χ1n) is 11.4. The molecule has 0 atom stereocenters. The molecule has 0 aliphatic carbocycles. The molecule has 0 saturated carbocycles. The van der Waals surface area contributed by atoms with Crippen LogP contribution in [0.25, 0.3) is 0 Å². The number of benzene rings is 1. The minimum absolute atomic E-state index is 0.0666. The molecule has 0 heterocycles. The van der Waals surface area contributed by atoms with Gasteiger partial charge in [-0.2, -0.15) is 14.4 Å². The summed E-state index contributed by atoms with van der Waals surface area (Å²) in [6.07, 6.45) is 11.1. The Morgan fingerprint density at radius 2 is 1.13 bits per heavy atom. The molecule has 1 rings (SSSR count). The summed E-state index contributed by atoms with van der Waals surface area (Å²) in [4.78, 5) is -0.0666. The van der Waals surface area contributed by atoms with E-state index in [2.05, 4.69) is 27.7 Å². The van der Waals surface area contributed by atoms with Gasteiger partial charge in [0, 0.05) is 0 Å². The molecule has 0 spiro atoms. The van der Waals surface area contributed by atoms with Crippen molar-refractivity contribution in [3.63, 3.8) is 0 Å². The highest BCUT2D eigenvalue weighted by Crippen LogP contribution is 2.16. The molecular weight excluding hydrogens is 407 g/mol. The van der Waals surface area contributed by atoms with Gasteiger partial charge in [0.25, 0.3) is 10.1 Å². The lowest BCUT2D eigenvalue weighted by molar-refractivity contribution is -0.929. The third kappa shape index (κ3) is 16.9. The van der Waals surface area contributed by atoms with Crippen molar-refractivity contribution >= 4 is 18.0 Å². The van der Waals surface area contributed by atoms with Crippen LogP contribution in [0.3, 0.4) is 0 Å². The number of unbranched alkanes of at least 4 members (excludes halogenated alkanes) is 4.